The Hall–Kier alpha value is -0.960. The van der Waals surface area contributed by atoms with Gasteiger partial charge < -0.3 is 4.74 Å². The molecule has 3 heteroatoms. The molecule has 0 heterocycles. The summed E-state index contributed by atoms with van der Waals surface area (Å²) in [5, 5.41) is 0. The van der Waals surface area contributed by atoms with Crippen LogP contribution in [0.3, 0.4) is 0 Å². The molecule has 1 aromatic carbocycles. The van der Waals surface area contributed by atoms with E-state index in [0.29, 0.717) is 18.1 Å². The van der Waals surface area contributed by atoms with Crippen molar-refractivity contribution < 1.29 is 9.53 Å². The number of ether oxygens (including phenoxy) is 1. The van der Waals surface area contributed by atoms with Gasteiger partial charge in [0.1, 0.15) is 11.5 Å². The molecule has 2 nitrogen and oxygen atoms in total. The Morgan fingerprint density at radius 1 is 1.24 bits per heavy atom. The van der Waals surface area contributed by atoms with Crippen molar-refractivity contribution >= 4 is 17.5 Å². The van der Waals surface area contributed by atoms with E-state index in [1.807, 2.05) is 51.1 Å². The Balaban J connectivity index is 2.12. The van der Waals surface area contributed by atoms with Crippen LogP contribution in [0.4, 0.5) is 0 Å². The van der Waals surface area contributed by atoms with Gasteiger partial charge >= 0.3 is 0 Å². The highest BCUT2D eigenvalue weighted by Crippen LogP contribution is 2.17. The van der Waals surface area contributed by atoms with Gasteiger partial charge in [-0.25, -0.2) is 0 Å². The highest BCUT2D eigenvalue weighted by molar-refractivity contribution is 7.99. The third-order valence-corrected chi connectivity index (χ3v) is 3.23. The first-order chi connectivity index (χ1) is 8.00. The summed E-state index contributed by atoms with van der Waals surface area (Å²) in [5.74, 6) is 2.59. The van der Waals surface area contributed by atoms with Crippen LogP contribution in [0.25, 0.3) is 0 Å². The molecule has 0 aliphatic rings. The SMILES string of the molecule is CC(C)(C)C(=O)CSCCOc1ccccc1. The molecule has 0 aromatic heterocycles. The lowest BCUT2D eigenvalue weighted by atomic mass is 9.92. The van der Waals surface area contributed by atoms with Gasteiger partial charge in [-0.05, 0) is 12.1 Å². The lowest BCUT2D eigenvalue weighted by Crippen LogP contribution is -2.22. The van der Waals surface area contributed by atoms with Crippen molar-refractivity contribution in [1.82, 2.24) is 0 Å². The van der Waals surface area contributed by atoms with Gasteiger partial charge in [0.25, 0.3) is 0 Å². The molecule has 17 heavy (non-hydrogen) atoms. The summed E-state index contributed by atoms with van der Waals surface area (Å²) in [4.78, 5) is 11.6. The predicted molar refractivity (Wildman–Crippen MR) is 73.7 cm³/mol. The number of para-hydroxylation sites is 1. The Bertz CT molecular complexity index is 341. The van der Waals surface area contributed by atoms with Crippen molar-refractivity contribution in [1.29, 1.82) is 0 Å². The van der Waals surface area contributed by atoms with Crippen LogP contribution in [-0.2, 0) is 4.79 Å². The summed E-state index contributed by atoms with van der Waals surface area (Å²) in [6.07, 6.45) is 0. The minimum absolute atomic E-state index is 0.229. The lowest BCUT2D eigenvalue weighted by Gasteiger charge is -2.15. The topological polar surface area (TPSA) is 26.3 Å². The van der Waals surface area contributed by atoms with Crippen LogP contribution in [0, 0.1) is 5.41 Å². The van der Waals surface area contributed by atoms with Crippen molar-refractivity contribution in [3.8, 4) is 5.75 Å². The minimum Gasteiger partial charge on any atom is -0.493 e. The first-order valence-electron chi connectivity index (χ1n) is 5.79. The summed E-state index contributed by atoms with van der Waals surface area (Å²) in [6, 6.07) is 9.73. The Kier molecular flexibility index (Phi) is 5.56. The van der Waals surface area contributed by atoms with Gasteiger partial charge in [0.05, 0.1) is 12.4 Å². The first kappa shape index (κ1) is 14.1. The number of thioether (sulfide) groups is 1. The quantitative estimate of drug-likeness (QED) is 0.726. The summed E-state index contributed by atoms with van der Waals surface area (Å²) in [5.41, 5.74) is -0.229. The van der Waals surface area contributed by atoms with Gasteiger partial charge in [0, 0.05) is 11.2 Å². The van der Waals surface area contributed by atoms with E-state index in [1.54, 1.807) is 11.8 Å². The zero-order valence-corrected chi connectivity index (χ0v) is 11.5. The van der Waals surface area contributed by atoms with Gasteiger partial charge in [0.15, 0.2) is 0 Å². The number of carbonyl (C=O) groups excluding carboxylic acids is 1. The molecule has 0 aliphatic carbocycles. The zero-order chi connectivity index (χ0) is 12.7. The molecule has 1 rings (SSSR count). The third-order valence-electron chi connectivity index (χ3n) is 2.31. The second-order valence-corrected chi connectivity index (χ2v) is 5.99. The van der Waals surface area contributed by atoms with Gasteiger partial charge in [-0.15, -0.1) is 0 Å². The van der Waals surface area contributed by atoms with Crippen LogP contribution in [-0.4, -0.2) is 23.9 Å². The number of rotatable bonds is 6. The summed E-state index contributed by atoms with van der Waals surface area (Å²) < 4.78 is 5.54. The number of Topliss-reactive ketones (excluding diaryl/α,β-unsaturated/α-hetero) is 1. The van der Waals surface area contributed by atoms with Crippen LogP contribution < -0.4 is 4.74 Å². The molecule has 1 aromatic rings. The summed E-state index contributed by atoms with van der Waals surface area (Å²) >= 11 is 1.63. The van der Waals surface area contributed by atoms with E-state index in [9.17, 15) is 4.79 Å². The van der Waals surface area contributed by atoms with E-state index in [2.05, 4.69) is 0 Å². The second kappa shape index (κ2) is 6.70. The van der Waals surface area contributed by atoms with E-state index < -0.39 is 0 Å². The molecule has 0 saturated heterocycles. The minimum atomic E-state index is -0.229. The molecular formula is C14H20O2S. The number of ketones is 1. The van der Waals surface area contributed by atoms with Gasteiger partial charge in [-0.3, -0.25) is 4.79 Å². The summed E-state index contributed by atoms with van der Waals surface area (Å²) in [6.45, 7) is 6.51. The molecule has 0 bridgehead atoms. The molecular weight excluding hydrogens is 232 g/mol. The van der Waals surface area contributed by atoms with Gasteiger partial charge in [-0.1, -0.05) is 39.0 Å². The lowest BCUT2D eigenvalue weighted by molar-refractivity contribution is -0.123. The molecule has 0 atom stereocenters. The van der Waals surface area contributed by atoms with Crippen LogP contribution >= 0.6 is 11.8 Å². The maximum Gasteiger partial charge on any atom is 0.148 e. The van der Waals surface area contributed by atoms with Crippen molar-refractivity contribution in [2.75, 3.05) is 18.1 Å². The second-order valence-electron chi connectivity index (χ2n) is 4.89. The molecule has 0 aliphatic heterocycles. The van der Waals surface area contributed by atoms with Crippen LogP contribution in [0.2, 0.25) is 0 Å². The average molecular weight is 252 g/mol. The maximum absolute atomic E-state index is 11.6. The standard InChI is InChI=1S/C14H20O2S/c1-14(2,3)13(15)11-17-10-9-16-12-7-5-4-6-8-12/h4-8H,9-11H2,1-3H3. The normalized spacial score (nSPS) is 11.2. The molecule has 94 valence electrons. The zero-order valence-electron chi connectivity index (χ0n) is 10.7. The Labute approximate surface area is 108 Å². The first-order valence-corrected chi connectivity index (χ1v) is 6.94. The monoisotopic (exact) mass is 252 g/mol. The van der Waals surface area contributed by atoms with Gasteiger partial charge in [0.2, 0.25) is 0 Å². The van der Waals surface area contributed by atoms with Crippen LogP contribution in [0.1, 0.15) is 20.8 Å². The third kappa shape index (κ3) is 5.78. The molecule has 0 fully saturated rings. The number of benzene rings is 1. The van der Waals surface area contributed by atoms with Crippen LogP contribution in [0.15, 0.2) is 30.3 Å². The van der Waals surface area contributed by atoms with Crippen molar-refractivity contribution in [2.45, 2.75) is 20.8 Å². The van der Waals surface area contributed by atoms with Crippen LogP contribution in [0.5, 0.6) is 5.75 Å². The van der Waals surface area contributed by atoms with Crippen molar-refractivity contribution in [3.05, 3.63) is 30.3 Å². The molecule has 0 radical (unpaired) electrons. The van der Waals surface area contributed by atoms with Crippen molar-refractivity contribution in [3.63, 3.8) is 0 Å². The van der Waals surface area contributed by atoms with E-state index in [1.165, 1.54) is 0 Å². The predicted octanol–water partition coefficient (Wildman–Crippen LogP) is 3.41. The molecule has 0 N–H and O–H groups in total. The highest BCUT2D eigenvalue weighted by Gasteiger charge is 2.20. The van der Waals surface area contributed by atoms with E-state index in [0.717, 1.165) is 11.5 Å². The fourth-order valence-corrected chi connectivity index (χ4v) is 2.08. The van der Waals surface area contributed by atoms with E-state index >= 15 is 0 Å². The Morgan fingerprint density at radius 2 is 1.88 bits per heavy atom. The largest absolute Gasteiger partial charge is 0.493 e. The van der Waals surface area contributed by atoms with E-state index in [4.69, 9.17) is 4.74 Å². The number of hydrogen-bond donors (Lipinski definition) is 0. The molecule has 0 spiro atoms. The molecule has 0 amide bonds. The fraction of sp³-hybridized carbons (Fsp3) is 0.500. The molecule has 0 saturated carbocycles. The number of carbonyl (C=O) groups is 1. The van der Waals surface area contributed by atoms with Crippen molar-refractivity contribution in [2.24, 2.45) is 5.41 Å². The smallest absolute Gasteiger partial charge is 0.148 e. The van der Waals surface area contributed by atoms with E-state index in [-0.39, 0.29) is 5.41 Å². The number of hydrogen-bond acceptors (Lipinski definition) is 3. The molecule has 0 unspecified atom stereocenters. The fourth-order valence-electron chi connectivity index (χ4n) is 1.12. The highest BCUT2D eigenvalue weighted by atomic mass is 32.2. The maximum atomic E-state index is 11.6. The average Bonchev–Trinajstić information content (AvgIpc) is 2.28. The van der Waals surface area contributed by atoms with Gasteiger partial charge in [-0.2, -0.15) is 11.8 Å². The summed E-state index contributed by atoms with van der Waals surface area (Å²) in [7, 11) is 0. The Morgan fingerprint density at radius 3 is 2.47 bits per heavy atom.